The largest absolute Gasteiger partial charge is 0.327 e. The van der Waals surface area contributed by atoms with Crippen molar-refractivity contribution in [1.82, 2.24) is 34.3 Å². The highest BCUT2D eigenvalue weighted by molar-refractivity contribution is 7.89. The molecule has 0 bridgehead atoms. The molecule has 3 aromatic heterocycles. The molecule has 35 heavy (non-hydrogen) atoms. The number of aryl methyl sites for hydroxylation is 2. The Hall–Kier alpha value is -3.04. The number of hydrogen-bond donors (Lipinski definition) is 2. The summed E-state index contributed by atoms with van der Waals surface area (Å²) < 4.78 is 70.9. The number of rotatable bonds is 8. The lowest BCUT2D eigenvalue weighted by Crippen LogP contribution is -2.38. The van der Waals surface area contributed by atoms with Gasteiger partial charge in [-0.2, -0.15) is 5.10 Å². The van der Waals surface area contributed by atoms with Crippen LogP contribution in [0.3, 0.4) is 0 Å². The van der Waals surface area contributed by atoms with Crippen LogP contribution in [0.15, 0.2) is 34.0 Å². The molecule has 3 heterocycles. The Labute approximate surface area is 200 Å². The van der Waals surface area contributed by atoms with E-state index < -0.39 is 45.4 Å². The van der Waals surface area contributed by atoms with E-state index in [0.29, 0.717) is 41.1 Å². The fraction of sp³-hybridized carbons (Fsp3) is 0.400. The van der Waals surface area contributed by atoms with Crippen LogP contribution in [0.5, 0.6) is 0 Å². The predicted octanol–water partition coefficient (Wildman–Crippen LogP) is 2.58. The minimum Gasteiger partial charge on any atom is -0.306 e. The third-order valence-corrected chi connectivity index (χ3v) is 8.47. The standard InChI is InChI=1S/C20H20F3N7O3S2/c1-10-7-14(29(2)27-10)15(17-25-26-18(34-17)16(22)23)30-13-8-11(3-4-12(13)24-19(30)31)35(32,33)28-20(9-21)5-6-20/h3-4,7-8,15-16,28H,5-6,9H2,1-2H3,(H,24,31). The van der Waals surface area contributed by atoms with Crippen LogP contribution in [-0.4, -0.2) is 50.2 Å². The van der Waals surface area contributed by atoms with Gasteiger partial charge in [-0.05, 0) is 44.0 Å². The highest BCUT2D eigenvalue weighted by Gasteiger charge is 2.46. The van der Waals surface area contributed by atoms with Crippen molar-refractivity contribution in [2.45, 2.75) is 42.7 Å². The number of benzene rings is 1. The van der Waals surface area contributed by atoms with E-state index in [1.807, 2.05) is 0 Å². The Morgan fingerprint density at radius 3 is 2.51 bits per heavy atom. The van der Waals surface area contributed by atoms with Gasteiger partial charge in [0.15, 0.2) is 5.01 Å². The number of imidazole rings is 1. The van der Waals surface area contributed by atoms with Crippen molar-refractivity contribution >= 4 is 32.4 Å². The van der Waals surface area contributed by atoms with Gasteiger partial charge in [0.05, 0.1) is 32.9 Å². The molecule has 0 radical (unpaired) electrons. The van der Waals surface area contributed by atoms with Gasteiger partial charge in [0, 0.05) is 7.05 Å². The zero-order valence-corrected chi connectivity index (χ0v) is 20.1. The Balaban J connectivity index is 1.70. The molecule has 0 saturated heterocycles. The molecule has 186 valence electrons. The highest BCUT2D eigenvalue weighted by atomic mass is 32.2. The maximum absolute atomic E-state index is 13.3. The molecule has 5 rings (SSSR count). The highest BCUT2D eigenvalue weighted by Crippen LogP contribution is 2.38. The third kappa shape index (κ3) is 4.16. The molecule has 1 aliphatic rings. The number of nitrogens with zero attached hydrogens (tertiary/aromatic N) is 5. The van der Waals surface area contributed by atoms with E-state index in [9.17, 15) is 26.4 Å². The Kier molecular flexibility index (Phi) is 5.60. The Morgan fingerprint density at radius 2 is 1.94 bits per heavy atom. The van der Waals surface area contributed by atoms with Crippen molar-refractivity contribution in [3.05, 3.63) is 56.2 Å². The summed E-state index contributed by atoms with van der Waals surface area (Å²) in [6.45, 7) is 0.910. The van der Waals surface area contributed by atoms with E-state index in [1.165, 1.54) is 27.4 Å². The van der Waals surface area contributed by atoms with Crippen LogP contribution in [0.4, 0.5) is 13.2 Å². The molecule has 1 unspecified atom stereocenters. The van der Waals surface area contributed by atoms with Crippen molar-refractivity contribution in [3.8, 4) is 0 Å². The van der Waals surface area contributed by atoms with Gasteiger partial charge in [-0.15, -0.1) is 10.2 Å². The van der Waals surface area contributed by atoms with Crippen LogP contribution >= 0.6 is 11.3 Å². The predicted molar refractivity (Wildman–Crippen MR) is 121 cm³/mol. The van der Waals surface area contributed by atoms with E-state index in [2.05, 4.69) is 25.0 Å². The molecule has 15 heteroatoms. The van der Waals surface area contributed by atoms with E-state index >= 15 is 0 Å². The maximum atomic E-state index is 13.3. The average Bonchev–Trinajstić information content (AvgIpc) is 3.10. The van der Waals surface area contributed by atoms with Gasteiger partial charge < -0.3 is 4.98 Å². The first-order chi connectivity index (χ1) is 16.5. The first-order valence-corrected chi connectivity index (χ1v) is 12.8. The van der Waals surface area contributed by atoms with E-state index in [0.717, 1.165) is 0 Å². The maximum Gasteiger partial charge on any atom is 0.327 e. The van der Waals surface area contributed by atoms with Crippen LogP contribution in [-0.2, 0) is 17.1 Å². The summed E-state index contributed by atoms with van der Waals surface area (Å²) in [5, 5.41) is 11.3. The minimum absolute atomic E-state index is 0.104. The third-order valence-electron chi connectivity index (χ3n) is 5.91. The molecule has 0 aliphatic heterocycles. The summed E-state index contributed by atoms with van der Waals surface area (Å²) in [6, 6.07) is 4.68. The normalized spacial score (nSPS) is 16.3. The number of halogens is 3. The minimum atomic E-state index is -4.09. The zero-order chi connectivity index (χ0) is 25.1. The van der Waals surface area contributed by atoms with Gasteiger partial charge in [0.1, 0.15) is 17.7 Å². The number of nitrogens with one attached hydrogen (secondary N) is 2. The monoisotopic (exact) mass is 527 g/mol. The number of fused-ring (bicyclic) bond motifs is 1. The van der Waals surface area contributed by atoms with Crippen molar-refractivity contribution in [1.29, 1.82) is 0 Å². The zero-order valence-electron chi connectivity index (χ0n) is 18.5. The fourth-order valence-electron chi connectivity index (χ4n) is 3.98. The average molecular weight is 528 g/mol. The molecule has 0 amide bonds. The quantitative estimate of drug-likeness (QED) is 0.363. The molecule has 1 fully saturated rings. The van der Waals surface area contributed by atoms with E-state index in [-0.39, 0.29) is 15.4 Å². The van der Waals surface area contributed by atoms with Gasteiger partial charge in [-0.1, -0.05) is 11.3 Å². The molecule has 4 aromatic rings. The second kappa shape index (κ2) is 8.27. The number of H-pyrrole nitrogens is 1. The molecular weight excluding hydrogens is 507 g/mol. The molecule has 2 N–H and O–H groups in total. The summed E-state index contributed by atoms with van der Waals surface area (Å²) in [4.78, 5) is 15.6. The van der Waals surface area contributed by atoms with Gasteiger partial charge in [0.25, 0.3) is 6.43 Å². The van der Waals surface area contributed by atoms with E-state index in [1.54, 1.807) is 20.0 Å². The SMILES string of the molecule is Cc1cc(C(c2nnc(C(F)F)s2)n2c(=O)[nH]c3ccc(S(=O)(=O)NC4(CF)CC4)cc32)n(C)n1. The number of sulfonamides is 1. The number of alkyl halides is 3. The van der Waals surface area contributed by atoms with E-state index in [4.69, 9.17) is 0 Å². The van der Waals surface area contributed by atoms with Gasteiger partial charge in [-0.3, -0.25) is 9.25 Å². The van der Waals surface area contributed by atoms with Crippen LogP contribution in [0, 0.1) is 6.92 Å². The molecule has 1 saturated carbocycles. The number of aromatic amines is 1. The fourth-order valence-corrected chi connectivity index (χ4v) is 6.25. The summed E-state index contributed by atoms with van der Waals surface area (Å²) in [5.74, 6) is 0. The first kappa shape index (κ1) is 23.7. The lowest BCUT2D eigenvalue weighted by atomic mass is 10.2. The second-order valence-corrected chi connectivity index (χ2v) is 11.2. The molecule has 1 aliphatic carbocycles. The van der Waals surface area contributed by atoms with Crippen LogP contribution in [0.1, 0.15) is 46.7 Å². The Bertz CT molecular complexity index is 1580. The van der Waals surface area contributed by atoms with Crippen LogP contribution < -0.4 is 10.4 Å². The van der Waals surface area contributed by atoms with Crippen molar-refractivity contribution in [2.24, 2.45) is 7.05 Å². The lowest BCUT2D eigenvalue weighted by Gasteiger charge is -2.17. The smallest absolute Gasteiger partial charge is 0.306 e. The summed E-state index contributed by atoms with van der Waals surface area (Å²) in [7, 11) is -2.46. The Morgan fingerprint density at radius 1 is 1.23 bits per heavy atom. The second-order valence-electron chi connectivity index (χ2n) is 8.51. The molecule has 1 atom stereocenters. The molecule has 10 nitrogen and oxygen atoms in total. The number of aromatic nitrogens is 6. The number of hydrogen-bond acceptors (Lipinski definition) is 7. The van der Waals surface area contributed by atoms with Gasteiger partial charge >= 0.3 is 5.69 Å². The van der Waals surface area contributed by atoms with Crippen molar-refractivity contribution in [2.75, 3.05) is 6.67 Å². The van der Waals surface area contributed by atoms with Gasteiger partial charge in [0.2, 0.25) is 10.0 Å². The van der Waals surface area contributed by atoms with Crippen LogP contribution in [0.2, 0.25) is 0 Å². The van der Waals surface area contributed by atoms with Crippen molar-refractivity contribution in [3.63, 3.8) is 0 Å². The lowest BCUT2D eigenvalue weighted by molar-refractivity contribution is 0.150. The molecular formula is C20H20F3N7O3S2. The molecule has 0 spiro atoms. The molecule has 1 aromatic carbocycles. The summed E-state index contributed by atoms with van der Waals surface area (Å²) in [6.07, 6.45) is -2.06. The van der Waals surface area contributed by atoms with Gasteiger partial charge in [-0.25, -0.2) is 31.1 Å². The van der Waals surface area contributed by atoms with Crippen molar-refractivity contribution < 1.29 is 21.6 Å². The topological polar surface area (TPSA) is 128 Å². The first-order valence-electron chi connectivity index (χ1n) is 10.5. The van der Waals surface area contributed by atoms with Crippen LogP contribution in [0.25, 0.3) is 11.0 Å². The summed E-state index contributed by atoms with van der Waals surface area (Å²) >= 11 is 0.647. The summed E-state index contributed by atoms with van der Waals surface area (Å²) in [5.41, 5.74) is -0.111.